The number of non-ortho nitro benzene ring substituents is 1. The Labute approximate surface area is 162 Å². The summed E-state index contributed by atoms with van der Waals surface area (Å²) in [6.45, 7) is 1.30. The summed E-state index contributed by atoms with van der Waals surface area (Å²) in [5.41, 5.74) is 0.649. The molecule has 0 spiro atoms. The van der Waals surface area contributed by atoms with Gasteiger partial charge in [-0.05, 0) is 29.8 Å². The first-order valence-corrected chi connectivity index (χ1v) is 9.44. The quantitative estimate of drug-likeness (QED) is 0.609. The van der Waals surface area contributed by atoms with Crippen LogP contribution in [0.2, 0.25) is 5.02 Å². The molecule has 1 heterocycles. The number of hydrogen-bond acceptors (Lipinski definition) is 5. The van der Waals surface area contributed by atoms with E-state index in [0.717, 1.165) is 5.56 Å². The van der Waals surface area contributed by atoms with E-state index in [2.05, 4.69) is 5.32 Å². The molecule has 1 aliphatic rings. The van der Waals surface area contributed by atoms with Crippen molar-refractivity contribution >= 4 is 39.7 Å². The molecule has 0 saturated carbocycles. The van der Waals surface area contributed by atoms with Crippen molar-refractivity contribution in [3.05, 3.63) is 69.2 Å². The third kappa shape index (κ3) is 4.16. The molecular formula is C16H17Cl2N3O4S. The van der Waals surface area contributed by atoms with Crippen LogP contribution in [0.15, 0.2) is 53.4 Å². The lowest BCUT2D eigenvalue weighted by Gasteiger charge is -2.35. The largest absolute Gasteiger partial charge is 0.313 e. The van der Waals surface area contributed by atoms with Crippen LogP contribution < -0.4 is 5.32 Å². The van der Waals surface area contributed by atoms with E-state index in [1.165, 1.54) is 28.6 Å². The molecule has 10 heteroatoms. The molecule has 0 radical (unpaired) electrons. The van der Waals surface area contributed by atoms with Crippen molar-refractivity contribution in [1.82, 2.24) is 9.62 Å². The van der Waals surface area contributed by atoms with Gasteiger partial charge >= 0.3 is 0 Å². The molecule has 2 aromatic carbocycles. The van der Waals surface area contributed by atoms with E-state index < -0.39 is 21.0 Å². The maximum atomic E-state index is 13.0. The fourth-order valence-corrected chi connectivity index (χ4v) is 4.66. The van der Waals surface area contributed by atoms with E-state index in [-0.39, 0.29) is 23.0 Å². The van der Waals surface area contributed by atoms with Crippen molar-refractivity contribution in [2.75, 3.05) is 19.6 Å². The Kier molecular flexibility index (Phi) is 6.59. The summed E-state index contributed by atoms with van der Waals surface area (Å²) in [7, 11) is -3.79. The summed E-state index contributed by atoms with van der Waals surface area (Å²) < 4.78 is 27.5. The van der Waals surface area contributed by atoms with E-state index in [0.29, 0.717) is 24.7 Å². The van der Waals surface area contributed by atoms with Gasteiger partial charge in [0.05, 0.1) is 15.9 Å². The number of halogens is 2. The van der Waals surface area contributed by atoms with Crippen molar-refractivity contribution in [3.8, 4) is 0 Å². The number of nitrogens with zero attached hydrogens (tertiary/aromatic N) is 2. The van der Waals surface area contributed by atoms with Crippen molar-refractivity contribution in [2.24, 2.45) is 0 Å². The Hall–Kier alpha value is -1.71. The fraction of sp³-hybridized carbons (Fsp3) is 0.250. The number of rotatable bonds is 4. The lowest BCUT2D eigenvalue weighted by atomic mass is 10.1. The number of hydrogen-bond donors (Lipinski definition) is 1. The van der Waals surface area contributed by atoms with E-state index in [9.17, 15) is 18.5 Å². The smallest absolute Gasteiger partial charge is 0.269 e. The predicted octanol–water partition coefficient (Wildman–Crippen LogP) is 3.01. The van der Waals surface area contributed by atoms with Crippen LogP contribution in [0.5, 0.6) is 0 Å². The zero-order valence-corrected chi connectivity index (χ0v) is 15.9. The number of nitro groups is 1. The molecule has 2 aromatic rings. The van der Waals surface area contributed by atoms with E-state index in [4.69, 9.17) is 11.6 Å². The van der Waals surface area contributed by atoms with Gasteiger partial charge in [0, 0.05) is 36.8 Å². The Bertz CT molecular complexity index is 891. The fourth-order valence-electron chi connectivity index (χ4n) is 2.85. The highest BCUT2D eigenvalue weighted by atomic mass is 35.5. The second kappa shape index (κ2) is 8.32. The van der Waals surface area contributed by atoms with Gasteiger partial charge in [0.25, 0.3) is 5.69 Å². The van der Waals surface area contributed by atoms with E-state index >= 15 is 0 Å². The Morgan fingerprint density at radius 3 is 2.50 bits per heavy atom. The molecule has 7 nitrogen and oxygen atoms in total. The zero-order valence-electron chi connectivity index (χ0n) is 13.5. The Morgan fingerprint density at radius 2 is 1.88 bits per heavy atom. The van der Waals surface area contributed by atoms with Gasteiger partial charge in [-0.1, -0.05) is 23.7 Å². The van der Waals surface area contributed by atoms with Crippen LogP contribution in [0.4, 0.5) is 5.69 Å². The SMILES string of the molecule is Cl.O=[N+]([O-])c1ccc(S(=O)(=O)N2CCNCC2c2cccc(Cl)c2)cc1. The molecule has 1 N–H and O–H groups in total. The maximum Gasteiger partial charge on any atom is 0.269 e. The summed E-state index contributed by atoms with van der Waals surface area (Å²) in [4.78, 5) is 10.2. The molecule has 1 fully saturated rings. The number of nitrogens with one attached hydrogen (secondary N) is 1. The van der Waals surface area contributed by atoms with Crippen LogP contribution in [0.3, 0.4) is 0 Å². The highest BCUT2D eigenvalue weighted by molar-refractivity contribution is 7.89. The maximum absolute atomic E-state index is 13.0. The Balaban J connectivity index is 0.00000243. The average molecular weight is 418 g/mol. The molecule has 0 aliphatic carbocycles. The minimum absolute atomic E-state index is 0. The van der Waals surface area contributed by atoms with Crippen molar-refractivity contribution < 1.29 is 13.3 Å². The van der Waals surface area contributed by atoms with Gasteiger partial charge in [0.1, 0.15) is 0 Å². The van der Waals surface area contributed by atoms with Gasteiger partial charge in [-0.25, -0.2) is 8.42 Å². The van der Waals surface area contributed by atoms with E-state index in [1.807, 2.05) is 6.07 Å². The molecule has 140 valence electrons. The topological polar surface area (TPSA) is 92.5 Å². The van der Waals surface area contributed by atoms with Crippen molar-refractivity contribution in [1.29, 1.82) is 0 Å². The third-order valence-corrected chi connectivity index (χ3v) is 6.24. The van der Waals surface area contributed by atoms with Gasteiger partial charge in [-0.2, -0.15) is 4.31 Å². The number of piperazine rings is 1. The molecule has 3 rings (SSSR count). The molecule has 0 aromatic heterocycles. The van der Waals surface area contributed by atoms with Crippen LogP contribution in [-0.4, -0.2) is 37.3 Å². The molecule has 0 bridgehead atoms. The first-order chi connectivity index (χ1) is 11.9. The second-order valence-corrected chi connectivity index (χ2v) is 7.97. The van der Waals surface area contributed by atoms with Crippen LogP contribution in [0.25, 0.3) is 0 Å². The van der Waals surface area contributed by atoms with Crippen molar-refractivity contribution in [2.45, 2.75) is 10.9 Å². The summed E-state index contributed by atoms with van der Waals surface area (Å²) in [6.07, 6.45) is 0. The van der Waals surface area contributed by atoms with Crippen LogP contribution in [-0.2, 0) is 10.0 Å². The summed E-state index contributed by atoms with van der Waals surface area (Å²) >= 11 is 6.04. The van der Waals surface area contributed by atoms with Crippen LogP contribution in [0.1, 0.15) is 11.6 Å². The lowest BCUT2D eigenvalue weighted by Crippen LogP contribution is -2.48. The predicted molar refractivity (Wildman–Crippen MR) is 101 cm³/mol. The van der Waals surface area contributed by atoms with E-state index in [1.54, 1.807) is 18.2 Å². The second-order valence-electron chi connectivity index (χ2n) is 5.64. The molecular weight excluding hydrogens is 401 g/mol. The van der Waals surface area contributed by atoms with Crippen LogP contribution in [0, 0.1) is 10.1 Å². The molecule has 1 saturated heterocycles. The first-order valence-electron chi connectivity index (χ1n) is 7.62. The van der Waals surface area contributed by atoms with Gasteiger partial charge in [-0.15, -0.1) is 12.4 Å². The molecule has 1 atom stereocenters. The third-order valence-electron chi connectivity index (χ3n) is 4.08. The first kappa shape index (κ1) is 20.6. The molecule has 1 aliphatic heterocycles. The Morgan fingerprint density at radius 1 is 1.19 bits per heavy atom. The van der Waals surface area contributed by atoms with Crippen molar-refractivity contribution in [3.63, 3.8) is 0 Å². The van der Waals surface area contributed by atoms with Gasteiger partial charge in [-0.3, -0.25) is 10.1 Å². The number of benzene rings is 2. The van der Waals surface area contributed by atoms with Gasteiger partial charge < -0.3 is 5.32 Å². The highest BCUT2D eigenvalue weighted by Crippen LogP contribution is 2.30. The van der Waals surface area contributed by atoms with Crippen LogP contribution >= 0.6 is 24.0 Å². The van der Waals surface area contributed by atoms with Gasteiger partial charge in [0.2, 0.25) is 10.0 Å². The summed E-state index contributed by atoms with van der Waals surface area (Å²) in [6, 6.07) is 11.6. The molecule has 26 heavy (non-hydrogen) atoms. The monoisotopic (exact) mass is 417 g/mol. The summed E-state index contributed by atoms with van der Waals surface area (Å²) in [5, 5.41) is 14.5. The molecule has 1 unspecified atom stereocenters. The lowest BCUT2D eigenvalue weighted by molar-refractivity contribution is -0.384. The normalized spacial score (nSPS) is 18.1. The number of nitro benzene ring substituents is 1. The highest BCUT2D eigenvalue weighted by Gasteiger charge is 2.34. The average Bonchev–Trinajstić information content (AvgIpc) is 2.62. The zero-order chi connectivity index (χ0) is 18.0. The van der Waals surface area contributed by atoms with Gasteiger partial charge in [0.15, 0.2) is 0 Å². The standard InChI is InChI=1S/C16H16ClN3O4S.ClH/c17-13-3-1-2-12(10-13)16-11-18-8-9-19(16)25(23,24)15-6-4-14(5-7-15)20(21)22;/h1-7,10,16,18H,8-9,11H2;1H. The molecule has 0 amide bonds. The minimum Gasteiger partial charge on any atom is -0.313 e. The minimum atomic E-state index is -3.79. The number of sulfonamides is 1. The summed E-state index contributed by atoms with van der Waals surface area (Å²) in [5.74, 6) is 0.